The van der Waals surface area contributed by atoms with Gasteiger partial charge in [0.15, 0.2) is 0 Å². The summed E-state index contributed by atoms with van der Waals surface area (Å²) in [6.07, 6.45) is 0.966. The van der Waals surface area contributed by atoms with E-state index in [1.807, 2.05) is 36.1 Å². The standard InChI is InChI=1S/C13H17NO2.C6H5F/c1-10-7-8-14(13(10)15)9-11-5-3-4-6-12(11)16-2;7-6-4-2-1-3-5-6/h3-6,10H,7-9H2,1-2H3;1-5H. The van der Waals surface area contributed by atoms with Crippen molar-refractivity contribution in [1.82, 2.24) is 4.90 Å². The van der Waals surface area contributed by atoms with Crippen LogP contribution in [-0.4, -0.2) is 24.5 Å². The Morgan fingerprint density at radius 1 is 1.13 bits per heavy atom. The number of amides is 1. The molecule has 0 bridgehead atoms. The number of carbonyl (C=O) groups excluding carboxylic acids is 1. The lowest BCUT2D eigenvalue weighted by atomic mass is 10.1. The topological polar surface area (TPSA) is 29.5 Å². The third-order valence-electron chi connectivity index (χ3n) is 3.85. The van der Waals surface area contributed by atoms with Crippen LogP contribution in [0.3, 0.4) is 0 Å². The maximum atomic E-state index is 11.9. The van der Waals surface area contributed by atoms with Gasteiger partial charge in [0.25, 0.3) is 0 Å². The molecule has 0 aliphatic carbocycles. The van der Waals surface area contributed by atoms with Crippen molar-refractivity contribution >= 4 is 5.91 Å². The van der Waals surface area contributed by atoms with E-state index in [0.717, 1.165) is 24.3 Å². The lowest BCUT2D eigenvalue weighted by Crippen LogP contribution is -2.26. The molecule has 3 rings (SSSR count). The Labute approximate surface area is 136 Å². The molecule has 0 spiro atoms. The highest BCUT2D eigenvalue weighted by Crippen LogP contribution is 2.24. The third-order valence-corrected chi connectivity index (χ3v) is 3.85. The zero-order valence-corrected chi connectivity index (χ0v) is 13.5. The molecule has 1 aliphatic rings. The van der Waals surface area contributed by atoms with Crippen LogP contribution >= 0.6 is 0 Å². The molecule has 1 saturated heterocycles. The van der Waals surface area contributed by atoms with E-state index < -0.39 is 0 Å². The molecular weight excluding hydrogens is 293 g/mol. The van der Waals surface area contributed by atoms with Crippen LogP contribution in [0.4, 0.5) is 4.39 Å². The van der Waals surface area contributed by atoms with Gasteiger partial charge < -0.3 is 9.64 Å². The molecule has 122 valence electrons. The molecule has 4 heteroatoms. The zero-order chi connectivity index (χ0) is 16.7. The second-order valence-electron chi connectivity index (χ2n) is 5.56. The van der Waals surface area contributed by atoms with Gasteiger partial charge in [-0.3, -0.25) is 4.79 Å². The molecule has 1 heterocycles. The summed E-state index contributed by atoms with van der Waals surface area (Å²) in [7, 11) is 1.66. The number of likely N-dealkylation sites (tertiary alicyclic amines) is 1. The smallest absolute Gasteiger partial charge is 0.225 e. The highest BCUT2D eigenvalue weighted by molar-refractivity contribution is 5.80. The third kappa shape index (κ3) is 4.81. The van der Waals surface area contributed by atoms with Crippen molar-refractivity contribution in [3.8, 4) is 5.75 Å². The molecule has 1 atom stereocenters. The molecule has 0 saturated carbocycles. The van der Waals surface area contributed by atoms with Gasteiger partial charge in [-0.15, -0.1) is 0 Å². The Kier molecular flexibility index (Phi) is 6.15. The van der Waals surface area contributed by atoms with Crippen molar-refractivity contribution in [3.05, 3.63) is 66.0 Å². The van der Waals surface area contributed by atoms with Crippen LogP contribution in [0.25, 0.3) is 0 Å². The zero-order valence-electron chi connectivity index (χ0n) is 13.5. The van der Waals surface area contributed by atoms with E-state index >= 15 is 0 Å². The van der Waals surface area contributed by atoms with E-state index in [4.69, 9.17) is 4.74 Å². The first kappa shape index (κ1) is 17.0. The highest BCUT2D eigenvalue weighted by atomic mass is 19.1. The van der Waals surface area contributed by atoms with E-state index in [-0.39, 0.29) is 17.6 Å². The second kappa shape index (κ2) is 8.32. The summed E-state index contributed by atoms with van der Waals surface area (Å²) < 4.78 is 17.2. The monoisotopic (exact) mass is 315 g/mol. The molecule has 0 aromatic heterocycles. The highest BCUT2D eigenvalue weighted by Gasteiger charge is 2.28. The summed E-state index contributed by atoms with van der Waals surface area (Å²) in [5.41, 5.74) is 1.08. The first-order valence-electron chi connectivity index (χ1n) is 7.73. The van der Waals surface area contributed by atoms with Crippen molar-refractivity contribution in [2.45, 2.75) is 19.9 Å². The maximum absolute atomic E-state index is 11.9. The van der Waals surface area contributed by atoms with E-state index in [2.05, 4.69) is 0 Å². The molecule has 0 N–H and O–H groups in total. The minimum absolute atomic E-state index is 0.176. The number of hydrogen-bond donors (Lipinski definition) is 0. The quantitative estimate of drug-likeness (QED) is 0.860. The molecule has 1 aliphatic heterocycles. The van der Waals surface area contributed by atoms with Gasteiger partial charge in [0.05, 0.1) is 7.11 Å². The van der Waals surface area contributed by atoms with Crippen molar-refractivity contribution in [2.75, 3.05) is 13.7 Å². The number of para-hydroxylation sites is 1. The van der Waals surface area contributed by atoms with Gasteiger partial charge >= 0.3 is 0 Å². The predicted molar refractivity (Wildman–Crippen MR) is 88.6 cm³/mol. The number of methoxy groups -OCH3 is 1. The Morgan fingerprint density at radius 3 is 2.30 bits per heavy atom. The van der Waals surface area contributed by atoms with Crippen LogP contribution in [0, 0.1) is 11.7 Å². The number of ether oxygens (including phenoxy) is 1. The number of benzene rings is 2. The van der Waals surface area contributed by atoms with Crippen LogP contribution in [-0.2, 0) is 11.3 Å². The van der Waals surface area contributed by atoms with Gasteiger partial charge in [-0.2, -0.15) is 0 Å². The second-order valence-corrected chi connectivity index (χ2v) is 5.56. The minimum Gasteiger partial charge on any atom is -0.496 e. The summed E-state index contributed by atoms with van der Waals surface area (Å²) in [5, 5.41) is 0. The van der Waals surface area contributed by atoms with Crippen LogP contribution in [0.1, 0.15) is 18.9 Å². The summed E-state index contributed by atoms with van der Waals surface area (Å²) in [6, 6.07) is 15.8. The predicted octanol–water partition coefficient (Wildman–Crippen LogP) is 3.89. The molecule has 1 amide bonds. The molecule has 2 aromatic carbocycles. The number of hydrogen-bond acceptors (Lipinski definition) is 2. The van der Waals surface area contributed by atoms with E-state index in [1.165, 1.54) is 12.1 Å². The van der Waals surface area contributed by atoms with Gasteiger partial charge in [0, 0.05) is 24.6 Å². The van der Waals surface area contributed by atoms with E-state index in [9.17, 15) is 9.18 Å². The first-order valence-corrected chi connectivity index (χ1v) is 7.73. The van der Waals surface area contributed by atoms with Crippen LogP contribution in [0.2, 0.25) is 0 Å². The van der Waals surface area contributed by atoms with Gasteiger partial charge in [-0.1, -0.05) is 43.3 Å². The lowest BCUT2D eigenvalue weighted by molar-refractivity contribution is -0.131. The van der Waals surface area contributed by atoms with Crippen LogP contribution in [0.15, 0.2) is 54.6 Å². The SMILES string of the molecule is COc1ccccc1CN1CCC(C)C1=O.Fc1ccccc1. The van der Waals surface area contributed by atoms with Crippen molar-refractivity contribution < 1.29 is 13.9 Å². The summed E-state index contributed by atoms with van der Waals surface area (Å²) in [5.74, 6) is 1.11. The molecule has 3 nitrogen and oxygen atoms in total. The van der Waals surface area contributed by atoms with Crippen molar-refractivity contribution in [2.24, 2.45) is 5.92 Å². The minimum atomic E-state index is -0.178. The number of rotatable bonds is 3. The first-order chi connectivity index (χ1) is 11.1. The average Bonchev–Trinajstić information content (AvgIpc) is 2.89. The van der Waals surface area contributed by atoms with Crippen molar-refractivity contribution in [3.63, 3.8) is 0 Å². The molecule has 0 radical (unpaired) electrons. The summed E-state index contributed by atoms with van der Waals surface area (Å²) in [4.78, 5) is 13.7. The number of nitrogens with zero attached hydrogens (tertiary/aromatic N) is 1. The fourth-order valence-corrected chi connectivity index (χ4v) is 2.51. The Bertz CT molecular complexity index is 630. The maximum Gasteiger partial charge on any atom is 0.225 e. The van der Waals surface area contributed by atoms with Gasteiger partial charge in [0.2, 0.25) is 5.91 Å². The Hall–Kier alpha value is -2.36. The Morgan fingerprint density at radius 2 is 1.78 bits per heavy atom. The van der Waals surface area contributed by atoms with Gasteiger partial charge in [0.1, 0.15) is 11.6 Å². The normalized spacial score (nSPS) is 16.7. The van der Waals surface area contributed by atoms with Gasteiger partial charge in [-0.05, 0) is 24.6 Å². The summed E-state index contributed by atoms with van der Waals surface area (Å²) >= 11 is 0. The fraction of sp³-hybridized carbons (Fsp3) is 0.316. The lowest BCUT2D eigenvalue weighted by Gasteiger charge is -2.17. The largest absolute Gasteiger partial charge is 0.496 e. The number of carbonyl (C=O) groups is 1. The van der Waals surface area contributed by atoms with Crippen LogP contribution < -0.4 is 4.74 Å². The molecule has 1 fully saturated rings. The fourth-order valence-electron chi connectivity index (χ4n) is 2.51. The molecule has 1 unspecified atom stereocenters. The molecular formula is C19H22FNO2. The molecule has 23 heavy (non-hydrogen) atoms. The van der Waals surface area contributed by atoms with Gasteiger partial charge in [-0.25, -0.2) is 4.39 Å². The van der Waals surface area contributed by atoms with Crippen LogP contribution in [0.5, 0.6) is 5.75 Å². The van der Waals surface area contributed by atoms with E-state index in [0.29, 0.717) is 6.54 Å². The number of halogens is 1. The van der Waals surface area contributed by atoms with Crippen molar-refractivity contribution in [1.29, 1.82) is 0 Å². The van der Waals surface area contributed by atoms with E-state index in [1.54, 1.807) is 25.3 Å². The summed E-state index contributed by atoms with van der Waals surface area (Å²) in [6.45, 7) is 3.51. The Balaban J connectivity index is 0.000000229. The average molecular weight is 315 g/mol. The molecule has 2 aromatic rings.